The van der Waals surface area contributed by atoms with Crippen LogP contribution in [0.1, 0.15) is 26.2 Å². The van der Waals surface area contributed by atoms with Crippen molar-refractivity contribution in [2.24, 2.45) is 11.3 Å². The van der Waals surface area contributed by atoms with E-state index in [0.29, 0.717) is 5.41 Å². The molecular formula is C10H14. The minimum atomic E-state index is 0.592. The molecular weight excluding hydrogens is 120 g/mol. The quantitative estimate of drug-likeness (QED) is 0.447. The second-order valence-corrected chi connectivity index (χ2v) is 3.78. The van der Waals surface area contributed by atoms with Crippen molar-refractivity contribution in [3.8, 4) is 0 Å². The molecule has 0 amide bonds. The zero-order chi connectivity index (χ0) is 7.03. The molecule has 0 nitrogen and oxygen atoms in total. The summed E-state index contributed by atoms with van der Waals surface area (Å²) >= 11 is 0. The van der Waals surface area contributed by atoms with Gasteiger partial charge < -0.3 is 0 Å². The van der Waals surface area contributed by atoms with Crippen molar-refractivity contribution in [2.45, 2.75) is 26.2 Å². The highest BCUT2D eigenvalue weighted by atomic mass is 14.4. The first-order valence-electron chi connectivity index (χ1n) is 4.15. The van der Waals surface area contributed by atoms with E-state index >= 15 is 0 Å². The van der Waals surface area contributed by atoms with Gasteiger partial charge >= 0.3 is 0 Å². The van der Waals surface area contributed by atoms with Crippen LogP contribution in [0.2, 0.25) is 0 Å². The molecule has 2 aliphatic carbocycles. The first-order valence-corrected chi connectivity index (χ1v) is 4.15. The van der Waals surface area contributed by atoms with E-state index in [9.17, 15) is 0 Å². The molecule has 0 aromatic rings. The molecule has 0 aromatic carbocycles. The van der Waals surface area contributed by atoms with Crippen LogP contribution in [-0.4, -0.2) is 0 Å². The molecule has 0 fully saturated rings. The summed E-state index contributed by atoms with van der Waals surface area (Å²) in [5, 5.41) is 0. The van der Waals surface area contributed by atoms with Gasteiger partial charge in [0.15, 0.2) is 0 Å². The van der Waals surface area contributed by atoms with Gasteiger partial charge in [-0.1, -0.05) is 31.2 Å². The van der Waals surface area contributed by atoms with Crippen molar-refractivity contribution in [3.05, 3.63) is 24.3 Å². The summed E-state index contributed by atoms with van der Waals surface area (Å²) in [6.45, 7) is 2.40. The van der Waals surface area contributed by atoms with Gasteiger partial charge in [0.2, 0.25) is 0 Å². The van der Waals surface area contributed by atoms with E-state index in [2.05, 4.69) is 31.2 Å². The molecule has 54 valence electrons. The summed E-state index contributed by atoms with van der Waals surface area (Å²) in [5.74, 6) is 0.751. The molecule has 2 rings (SSSR count). The maximum Gasteiger partial charge on any atom is 0.000347 e. The average Bonchev–Trinajstić information content (AvgIpc) is 2.29. The highest BCUT2D eigenvalue weighted by molar-refractivity contribution is 5.17. The number of hydrogen-bond donors (Lipinski definition) is 0. The van der Waals surface area contributed by atoms with Gasteiger partial charge in [-0.15, -0.1) is 0 Å². The lowest BCUT2D eigenvalue weighted by Gasteiger charge is -2.32. The average molecular weight is 134 g/mol. The predicted octanol–water partition coefficient (Wildman–Crippen LogP) is 2.92. The standard InChI is InChI=1S/C10H14/c1-10-7-3-2-5-9(10)6-4-8-10/h2,4-6,9H,3,7-8H2,1H3. The van der Waals surface area contributed by atoms with Crippen molar-refractivity contribution >= 4 is 0 Å². The van der Waals surface area contributed by atoms with Gasteiger partial charge in [-0.2, -0.15) is 0 Å². The van der Waals surface area contributed by atoms with Gasteiger partial charge in [0, 0.05) is 5.92 Å². The van der Waals surface area contributed by atoms with Crippen molar-refractivity contribution in [3.63, 3.8) is 0 Å². The fraction of sp³-hybridized carbons (Fsp3) is 0.600. The smallest absolute Gasteiger partial charge is 0.000347 e. The van der Waals surface area contributed by atoms with Crippen LogP contribution in [0.3, 0.4) is 0 Å². The van der Waals surface area contributed by atoms with Gasteiger partial charge in [-0.25, -0.2) is 0 Å². The van der Waals surface area contributed by atoms with E-state index in [0.717, 1.165) is 5.92 Å². The van der Waals surface area contributed by atoms with Crippen LogP contribution in [0.4, 0.5) is 0 Å². The molecule has 0 heterocycles. The van der Waals surface area contributed by atoms with Gasteiger partial charge in [-0.05, 0) is 24.7 Å². The van der Waals surface area contributed by atoms with Gasteiger partial charge in [0.05, 0.1) is 0 Å². The lowest BCUT2D eigenvalue weighted by molar-refractivity contribution is 0.257. The minimum absolute atomic E-state index is 0.592. The molecule has 0 saturated carbocycles. The van der Waals surface area contributed by atoms with Crippen molar-refractivity contribution < 1.29 is 0 Å². The highest BCUT2D eigenvalue weighted by Gasteiger charge is 2.34. The zero-order valence-corrected chi connectivity index (χ0v) is 6.51. The summed E-state index contributed by atoms with van der Waals surface area (Å²) in [5.41, 5.74) is 0.592. The van der Waals surface area contributed by atoms with Crippen molar-refractivity contribution in [2.75, 3.05) is 0 Å². The Kier molecular flexibility index (Phi) is 1.23. The summed E-state index contributed by atoms with van der Waals surface area (Å²) in [6.07, 6.45) is 13.3. The summed E-state index contributed by atoms with van der Waals surface area (Å²) in [7, 11) is 0. The zero-order valence-electron chi connectivity index (χ0n) is 6.51. The normalized spacial score (nSPS) is 43.9. The Balaban J connectivity index is 2.27. The Labute approximate surface area is 62.6 Å². The Morgan fingerprint density at radius 1 is 1.30 bits per heavy atom. The lowest BCUT2D eigenvalue weighted by Crippen LogP contribution is -2.22. The summed E-state index contributed by atoms with van der Waals surface area (Å²) in [6, 6.07) is 0. The fourth-order valence-electron chi connectivity index (χ4n) is 2.07. The first-order chi connectivity index (χ1) is 4.81. The molecule has 0 heteroatoms. The van der Waals surface area contributed by atoms with Crippen molar-refractivity contribution in [1.82, 2.24) is 0 Å². The largest absolute Gasteiger partial charge is 0.0879 e. The first kappa shape index (κ1) is 6.21. The van der Waals surface area contributed by atoms with E-state index in [-0.39, 0.29) is 0 Å². The number of allylic oxidation sites excluding steroid dienone is 4. The number of fused-ring (bicyclic) bond motifs is 1. The molecule has 10 heavy (non-hydrogen) atoms. The SMILES string of the molecule is CC12CC=CC1C=CCC2. The molecule has 0 aliphatic heterocycles. The molecule has 0 saturated heterocycles. The Hall–Kier alpha value is -0.520. The summed E-state index contributed by atoms with van der Waals surface area (Å²) < 4.78 is 0. The Morgan fingerprint density at radius 3 is 2.90 bits per heavy atom. The molecule has 0 aromatic heterocycles. The number of rotatable bonds is 0. The maximum absolute atomic E-state index is 2.40. The third kappa shape index (κ3) is 0.749. The van der Waals surface area contributed by atoms with Crippen LogP contribution in [0.25, 0.3) is 0 Å². The third-order valence-electron chi connectivity index (χ3n) is 2.96. The molecule has 0 N–H and O–H groups in total. The van der Waals surface area contributed by atoms with Crippen LogP contribution in [0.5, 0.6) is 0 Å². The topological polar surface area (TPSA) is 0 Å². The van der Waals surface area contributed by atoms with E-state index in [1.807, 2.05) is 0 Å². The minimum Gasteiger partial charge on any atom is -0.0879 e. The maximum atomic E-state index is 2.40. The van der Waals surface area contributed by atoms with E-state index in [1.165, 1.54) is 19.3 Å². The predicted molar refractivity (Wildman–Crippen MR) is 43.7 cm³/mol. The van der Waals surface area contributed by atoms with Crippen LogP contribution in [0, 0.1) is 11.3 Å². The van der Waals surface area contributed by atoms with Crippen LogP contribution in [0.15, 0.2) is 24.3 Å². The molecule has 2 atom stereocenters. The molecule has 2 unspecified atom stereocenters. The van der Waals surface area contributed by atoms with Crippen LogP contribution < -0.4 is 0 Å². The molecule has 2 aliphatic rings. The van der Waals surface area contributed by atoms with Gasteiger partial charge in [0.25, 0.3) is 0 Å². The lowest BCUT2D eigenvalue weighted by atomic mass is 9.72. The molecule has 0 radical (unpaired) electrons. The van der Waals surface area contributed by atoms with Gasteiger partial charge in [-0.3, -0.25) is 0 Å². The second kappa shape index (κ2) is 1.98. The Bertz CT molecular complexity index is 188. The highest BCUT2D eigenvalue weighted by Crippen LogP contribution is 2.45. The number of hydrogen-bond acceptors (Lipinski definition) is 0. The van der Waals surface area contributed by atoms with Crippen molar-refractivity contribution in [1.29, 1.82) is 0 Å². The fourth-order valence-corrected chi connectivity index (χ4v) is 2.07. The third-order valence-corrected chi connectivity index (χ3v) is 2.96. The summed E-state index contributed by atoms with van der Waals surface area (Å²) in [4.78, 5) is 0. The molecule has 0 spiro atoms. The van der Waals surface area contributed by atoms with Gasteiger partial charge in [0.1, 0.15) is 0 Å². The van der Waals surface area contributed by atoms with Crippen LogP contribution >= 0.6 is 0 Å². The molecule has 0 bridgehead atoms. The van der Waals surface area contributed by atoms with E-state index in [1.54, 1.807) is 0 Å². The second-order valence-electron chi connectivity index (χ2n) is 3.78. The van der Waals surface area contributed by atoms with E-state index < -0.39 is 0 Å². The monoisotopic (exact) mass is 134 g/mol. The van der Waals surface area contributed by atoms with E-state index in [4.69, 9.17) is 0 Å². The Morgan fingerprint density at radius 2 is 2.10 bits per heavy atom. The van der Waals surface area contributed by atoms with Crippen LogP contribution in [-0.2, 0) is 0 Å².